The molecule has 0 saturated heterocycles. The van der Waals surface area contributed by atoms with E-state index >= 15 is 0 Å². The first kappa shape index (κ1) is 12.0. The van der Waals surface area contributed by atoms with Crippen LogP contribution < -0.4 is 10.5 Å². The fourth-order valence-electron chi connectivity index (χ4n) is 0.987. The van der Waals surface area contributed by atoms with Crippen molar-refractivity contribution < 1.29 is 8.42 Å². The van der Waals surface area contributed by atoms with E-state index in [1.54, 1.807) is 0 Å². The van der Waals surface area contributed by atoms with E-state index in [0.717, 1.165) is 0 Å². The van der Waals surface area contributed by atoms with E-state index < -0.39 is 10.0 Å². The SMILES string of the molecule is C=CCNS(=O)(=O)c1cc(Cl)ccc1N. The quantitative estimate of drug-likeness (QED) is 0.623. The van der Waals surface area contributed by atoms with Crippen LogP contribution in [-0.2, 0) is 10.0 Å². The minimum absolute atomic E-state index is 0.0168. The van der Waals surface area contributed by atoms with Gasteiger partial charge in [0.1, 0.15) is 4.90 Å². The zero-order valence-corrected chi connectivity index (χ0v) is 9.48. The predicted molar refractivity (Wildman–Crippen MR) is 61.2 cm³/mol. The van der Waals surface area contributed by atoms with Crippen molar-refractivity contribution in [3.8, 4) is 0 Å². The molecule has 0 aliphatic carbocycles. The van der Waals surface area contributed by atoms with Crippen LogP contribution in [0.1, 0.15) is 0 Å². The van der Waals surface area contributed by atoms with Crippen LogP contribution in [0.2, 0.25) is 5.02 Å². The second kappa shape index (κ2) is 4.65. The number of halogens is 1. The van der Waals surface area contributed by atoms with Crippen molar-refractivity contribution in [2.45, 2.75) is 4.90 Å². The van der Waals surface area contributed by atoms with Gasteiger partial charge in [0.2, 0.25) is 10.0 Å². The first-order valence-corrected chi connectivity index (χ1v) is 5.99. The third-order valence-corrected chi connectivity index (χ3v) is 3.40. The summed E-state index contributed by atoms with van der Waals surface area (Å²) in [7, 11) is -3.61. The minimum Gasteiger partial charge on any atom is -0.398 e. The van der Waals surface area contributed by atoms with Crippen molar-refractivity contribution in [2.75, 3.05) is 12.3 Å². The Morgan fingerprint density at radius 1 is 1.53 bits per heavy atom. The third-order valence-electron chi connectivity index (χ3n) is 1.68. The van der Waals surface area contributed by atoms with Crippen LogP contribution in [0, 0.1) is 0 Å². The van der Waals surface area contributed by atoms with Crippen molar-refractivity contribution >= 4 is 27.3 Å². The molecule has 1 rings (SSSR count). The average molecular weight is 247 g/mol. The number of rotatable bonds is 4. The Morgan fingerprint density at radius 2 is 2.20 bits per heavy atom. The highest BCUT2D eigenvalue weighted by Gasteiger charge is 2.16. The van der Waals surface area contributed by atoms with Gasteiger partial charge in [-0.15, -0.1) is 6.58 Å². The highest BCUT2D eigenvalue weighted by Crippen LogP contribution is 2.22. The van der Waals surface area contributed by atoms with E-state index in [0.29, 0.717) is 5.02 Å². The van der Waals surface area contributed by atoms with Crippen LogP contribution in [0.25, 0.3) is 0 Å². The number of nitrogen functional groups attached to an aromatic ring is 1. The highest BCUT2D eigenvalue weighted by atomic mass is 35.5. The van der Waals surface area contributed by atoms with Gasteiger partial charge in [0, 0.05) is 11.6 Å². The van der Waals surface area contributed by atoms with Crippen molar-refractivity contribution in [3.63, 3.8) is 0 Å². The molecule has 15 heavy (non-hydrogen) atoms. The molecule has 0 aromatic heterocycles. The van der Waals surface area contributed by atoms with Gasteiger partial charge in [0.05, 0.1) is 5.69 Å². The van der Waals surface area contributed by atoms with Gasteiger partial charge in [-0.1, -0.05) is 17.7 Å². The lowest BCUT2D eigenvalue weighted by Gasteiger charge is -2.07. The Labute approximate surface area is 93.8 Å². The van der Waals surface area contributed by atoms with E-state index in [4.69, 9.17) is 17.3 Å². The van der Waals surface area contributed by atoms with Gasteiger partial charge < -0.3 is 5.73 Å². The summed E-state index contributed by atoms with van der Waals surface area (Å²) in [6, 6.07) is 4.29. The number of nitrogens with one attached hydrogen (secondary N) is 1. The zero-order chi connectivity index (χ0) is 11.5. The molecule has 0 heterocycles. The lowest BCUT2D eigenvalue weighted by molar-refractivity contribution is 0.586. The van der Waals surface area contributed by atoms with Crippen LogP contribution in [0.15, 0.2) is 35.7 Å². The minimum atomic E-state index is -3.61. The van der Waals surface area contributed by atoms with Crippen LogP contribution in [-0.4, -0.2) is 15.0 Å². The summed E-state index contributed by atoms with van der Waals surface area (Å²) in [6.07, 6.45) is 1.44. The largest absolute Gasteiger partial charge is 0.398 e. The van der Waals surface area contributed by atoms with Gasteiger partial charge in [0.15, 0.2) is 0 Å². The zero-order valence-electron chi connectivity index (χ0n) is 7.90. The number of hydrogen-bond acceptors (Lipinski definition) is 3. The van der Waals surface area contributed by atoms with Gasteiger partial charge in [-0.3, -0.25) is 0 Å². The molecular weight excluding hydrogens is 236 g/mol. The fourth-order valence-corrected chi connectivity index (χ4v) is 2.38. The summed E-state index contributed by atoms with van der Waals surface area (Å²) in [5.74, 6) is 0. The Bertz CT molecular complexity index is 471. The number of anilines is 1. The Kier molecular flexibility index (Phi) is 3.73. The molecular formula is C9H11ClN2O2S. The average Bonchev–Trinajstić information content (AvgIpc) is 2.18. The Balaban J connectivity index is 3.14. The lowest BCUT2D eigenvalue weighted by atomic mass is 10.3. The molecule has 1 aromatic carbocycles. The molecule has 0 amide bonds. The number of nitrogens with two attached hydrogens (primary N) is 1. The summed E-state index contributed by atoms with van der Waals surface area (Å²) in [6.45, 7) is 3.56. The van der Waals surface area contributed by atoms with Gasteiger partial charge in [-0.25, -0.2) is 13.1 Å². The molecule has 0 bridgehead atoms. The van der Waals surface area contributed by atoms with E-state index in [-0.39, 0.29) is 17.1 Å². The summed E-state index contributed by atoms with van der Waals surface area (Å²) in [5, 5.41) is 0.322. The Hall–Kier alpha value is -1.04. The molecule has 0 aliphatic heterocycles. The first-order valence-electron chi connectivity index (χ1n) is 4.13. The summed E-state index contributed by atoms with van der Waals surface area (Å²) in [4.78, 5) is -0.0168. The summed E-state index contributed by atoms with van der Waals surface area (Å²) in [5.41, 5.74) is 5.71. The van der Waals surface area contributed by atoms with Crippen LogP contribution >= 0.6 is 11.6 Å². The molecule has 82 valence electrons. The molecule has 3 N–H and O–H groups in total. The van der Waals surface area contributed by atoms with E-state index in [2.05, 4.69) is 11.3 Å². The van der Waals surface area contributed by atoms with Crippen molar-refractivity contribution in [1.82, 2.24) is 4.72 Å². The Morgan fingerprint density at radius 3 is 2.80 bits per heavy atom. The van der Waals surface area contributed by atoms with Crippen molar-refractivity contribution in [1.29, 1.82) is 0 Å². The molecule has 0 unspecified atom stereocenters. The molecule has 0 atom stereocenters. The maximum absolute atomic E-state index is 11.7. The summed E-state index contributed by atoms with van der Waals surface area (Å²) >= 11 is 5.69. The second-order valence-electron chi connectivity index (χ2n) is 2.82. The molecule has 1 aromatic rings. The van der Waals surface area contributed by atoms with Crippen molar-refractivity contribution in [3.05, 3.63) is 35.9 Å². The normalized spacial score (nSPS) is 11.3. The number of hydrogen-bond donors (Lipinski definition) is 2. The van der Waals surface area contributed by atoms with E-state index in [1.807, 2.05) is 0 Å². The van der Waals surface area contributed by atoms with Gasteiger partial charge in [-0.05, 0) is 18.2 Å². The third kappa shape index (κ3) is 2.95. The lowest BCUT2D eigenvalue weighted by Crippen LogP contribution is -2.24. The number of benzene rings is 1. The van der Waals surface area contributed by atoms with E-state index in [9.17, 15) is 8.42 Å². The van der Waals surface area contributed by atoms with Crippen LogP contribution in [0.4, 0.5) is 5.69 Å². The topological polar surface area (TPSA) is 72.2 Å². The molecule has 6 heteroatoms. The molecule has 0 fully saturated rings. The van der Waals surface area contributed by atoms with Gasteiger partial charge >= 0.3 is 0 Å². The second-order valence-corrected chi connectivity index (χ2v) is 4.99. The predicted octanol–water partition coefficient (Wildman–Crippen LogP) is 1.39. The molecule has 0 radical (unpaired) electrons. The maximum Gasteiger partial charge on any atom is 0.242 e. The summed E-state index contributed by atoms with van der Waals surface area (Å²) < 4.78 is 25.6. The van der Waals surface area contributed by atoms with Crippen LogP contribution in [0.3, 0.4) is 0 Å². The number of sulfonamides is 1. The van der Waals surface area contributed by atoms with Gasteiger partial charge in [-0.2, -0.15) is 0 Å². The highest BCUT2D eigenvalue weighted by molar-refractivity contribution is 7.89. The maximum atomic E-state index is 11.7. The smallest absolute Gasteiger partial charge is 0.242 e. The van der Waals surface area contributed by atoms with Gasteiger partial charge in [0.25, 0.3) is 0 Å². The molecule has 0 aliphatic rings. The molecule has 4 nitrogen and oxygen atoms in total. The molecule has 0 saturated carbocycles. The standard InChI is InChI=1S/C9H11ClN2O2S/c1-2-5-12-15(13,14)9-6-7(10)3-4-8(9)11/h2-4,6,12H,1,5,11H2. The fraction of sp³-hybridized carbons (Fsp3) is 0.111. The van der Waals surface area contributed by atoms with Crippen LogP contribution in [0.5, 0.6) is 0 Å². The molecule has 0 spiro atoms. The first-order chi connectivity index (χ1) is 6.97. The monoisotopic (exact) mass is 246 g/mol. The van der Waals surface area contributed by atoms with Crippen molar-refractivity contribution in [2.24, 2.45) is 0 Å². The van der Waals surface area contributed by atoms with E-state index in [1.165, 1.54) is 24.3 Å².